The molecule has 0 unspecified atom stereocenters. The fourth-order valence-electron chi connectivity index (χ4n) is 0.399. The Kier molecular flexibility index (Phi) is 2.37. The van der Waals surface area contributed by atoms with Crippen molar-refractivity contribution in [3.8, 4) is 0 Å². The zero-order valence-electron chi connectivity index (χ0n) is 5.89. The number of carbonyl (C=O) groups excluding carboxylic acids is 2. The number of hydrogen-bond donors (Lipinski definition) is 1. The molecule has 0 aliphatic heterocycles. The summed E-state index contributed by atoms with van der Waals surface area (Å²) in [5.41, 5.74) is -0.308. The first-order valence-electron chi connectivity index (χ1n) is 2.73. The van der Waals surface area contributed by atoms with Crippen LogP contribution in [-0.2, 0) is 9.59 Å². The fourth-order valence-corrected chi connectivity index (χ4v) is 0.399. The van der Waals surface area contributed by atoms with Crippen LogP contribution in [-0.4, -0.2) is 17.7 Å². The molecule has 0 aromatic carbocycles. The van der Waals surface area contributed by atoms with Gasteiger partial charge in [0.25, 0.3) is 5.91 Å². The molecular weight excluding hydrogens is 118 g/mol. The van der Waals surface area contributed by atoms with Crippen molar-refractivity contribution in [2.75, 3.05) is 0 Å². The van der Waals surface area contributed by atoms with E-state index in [0.29, 0.717) is 0 Å². The number of carbonyl (C=O) groups is 2. The lowest BCUT2D eigenvalue weighted by atomic mass is 10.1. The van der Waals surface area contributed by atoms with E-state index < -0.39 is 5.91 Å². The molecule has 0 atom stereocenters. The van der Waals surface area contributed by atoms with Crippen LogP contribution in [0, 0.1) is 0 Å². The molecule has 3 heteroatoms. The fraction of sp³-hybridized carbons (Fsp3) is 0.667. The summed E-state index contributed by atoms with van der Waals surface area (Å²) < 4.78 is 0. The van der Waals surface area contributed by atoms with E-state index in [0.717, 1.165) is 0 Å². The highest BCUT2D eigenvalue weighted by Gasteiger charge is 2.11. The van der Waals surface area contributed by atoms with Gasteiger partial charge in [-0.1, -0.05) is 0 Å². The average molecular weight is 129 g/mol. The number of amides is 1. The predicted molar refractivity (Wildman–Crippen MR) is 34.0 cm³/mol. The number of rotatable bonds is 1. The summed E-state index contributed by atoms with van der Waals surface area (Å²) in [5.74, 6) is -0.567. The van der Waals surface area contributed by atoms with E-state index >= 15 is 0 Å². The van der Waals surface area contributed by atoms with Gasteiger partial charge in [0.1, 0.15) is 0 Å². The first-order valence-corrected chi connectivity index (χ1v) is 2.73. The molecule has 0 bridgehead atoms. The monoisotopic (exact) mass is 129 g/mol. The Bertz CT molecular complexity index is 124. The number of hydrogen-bond acceptors (Lipinski definition) is 2. The van der Waals surface area contributed by atoms with E-state index in [2.05, 4.69) is 5.32 Å². The molecule has 0 heterocycles. The molecule has 9 heavy (non-hydrogen) atoms. The van der Waals surface area contributed by atoms with Gasteiger partial charge >= 0.3 is 0 Å². The lowest BCUT2D eigenvalue weighted by Gasteiger charge is -2.17. The first-order chi connectivity index (χ1) is 3.95. The third kappa shape index (κ3) is 5.00. The Morgan fingerprint density at radius 2 is 1.89 bits per heavy atom. The van der Waals surface area contributed by atoms with Gasteiger partial charge < -0.3 is 5.32 Å². The molecule has 3 nitrogen and oxygen atoms in total. The second-order valence-corrected chi connectivity index (χ2v) is 2.86. The molecule has 0 saturated heterocycles. The van der Waals surface area contributed by atoms with Gasteiger partial charge in [-0.3, -0.25) is 9.59 Å². The third-order valence-corrected chi connectivity index (χ3v) is 0.605. The second kappa shape index (κ2) is 2.62. The molecule has 0 aliphatic rings. The van der Waals surface area contributed by atoms with Gasteiger partial charge in [-0.15, -0.1) is 0 Å². The maximum atomic E-state index is 10.3. The second-order valence-electron chi connectivity index (χ2n) is 2.86. The summed E-state index contributed by atoms with van der Waals surface area (Å²) in [6.45, 7) is 5.44. The van der Waals surface area contributed by atoms with Crippen LogP contribution in [0.2, 0.25) is 0 Å². The van der Waals surface area contributed by atoms with Crippen molar-refractivity contribution in [3.05, 3.63) is 0 Å². The van der Waals surface area contributed by atoms with Crippen LogP contribution in [0.15, 0.2) is 0 Å². The Balaban J connectivity index is 3.74. The average Bonchev–Trinajstić information content (AvgIpc) is 1.62. The van der Waals surface area contributed by atoms with Gasteiger partial charge in [-0.25, -0.2) is 0 Å². The van der Waals surface area contributed by atoms with Gasteiger partial charge in [0.2, 0.25) is 6.29 Å². The van der Waals surface area contributed by atoms with Gasteiger partial charge in [-0.05, 0) is 20.8 Å². The van der Waals surface area contributed by atoms with E-state index in [1.807, 2.05) is 20.8 Å². The van der Waals surface area contributed by atoms with Gasteiger partial charge in [0, 0.05) is 5.54 Å². The van der Waals surface area contributed by atoms with Crippen molar-refractivity contribution >= 4 is 12.2 Å². The summed E-state index contributed by atoms with van der Waals surface area (Å²) in [6, 6.07) is 0. The largest absolute Gasteiger partial charge is 0.345 e. The highest BCUT2D eigenvalue weighted by atomic mass is 16.2. The molecule has 0 aliphatic carbocycles. The lowest BCUT2D eigenvalue weighted by molar-refractivity contribution is -0.132. The normalized spacial score (nSPS) is 10.6. The van der Waals surface area contributed by atoms with E-state index in [4.69, 9.17) is 0 Å². The minimum absolute atomic E-state index is 0.269. The van der Waals surface area contributed by atoms with Crippen LogP contribution >= 0.6 is 0 Å². The number of nitrogens with one attached hydrogen (secondary N) is 1. The van der Waals surface area contributed by atoms with E-state index in [-0.39, 0.29) is 11.8 Å². The van der Waals surface area contributed by atoms with Crippen LogP contribution in [0.1, 0.15) is 20.8 Å². The van der Waals surface area contributed by atoms with Crippen LogP contribution in [0.4, 0.5) is 0 Å². The van der Waals surface area contributed by atoms with Crippen LogP contribution in [0.5, 0.6) is 0 Å². The highest BCUT2D eigenvalue weighted by molar-refractivity contribution is 6.23. The molecule has 52 valence electrons. The zero-order valence-corrected chi connectivity index (χ0v) is 5.89. The van der Waals surface area contributed by atoms with Gasteiger partial charge in [-0.2, -0.15) is 0 Å². The molecule has 0 radical (unpaired) electrons. The third-order valence-electron chi connectivity index (χ3n) is 0.605. The molecule has 0 fully saturated rings. The highest BCUT2D eigenvalue weighted by Crippen LogP contribution is 1.96. The predicted octanol–water partition coefficient (Wildman–Crippen LogP) is 0.1000. The smallest absolute Gasteiger partial charge is 0.284 e. The van der Waals surface area contributed by atoms with Crippen molar-refractivity contribution in [1.82, 2.24) is 5.32 Å². The van der Waals surface area contributed by atoms with E-state index in [9.17, 15) is 9.59 Å². The van der Waals surface area contributed by atoms with Crippen molar-refractivity contribution in [3.63, 3.8) is 0 Å². The molecule has 0 rings (SSSR count). The molecule has 0 saturated carbocycles. The summed E-state index contributed by atoms with van der Waals surface area (Å²) in [5, 5.41) is 2.46. The molecule has 0 aromatic heterocycles. The Hall–Kier alpha value is -0.860. The van der Waals surface area contributed by atoms with Crippen molar-refractivity contribution in [2.24, 2.45) is 0 Å². The van der Waals surface area contributed by atoms with Crippen LogP contribution < -0.4 is 5.32 Å². The summed E-state index contributed by atoms with van der Waals surface area (Å²) >= 11 is 0. The number of aldehydes is 1. The summed E-state index contributed by atoms with van der Waals surface area (Å²) in [6.07, 6.45) is 0.269. The van der Waals surface area contributed by atoms with E-state index in [1.165, 1.54) is 0 Å². The quantitative estimate of drug-likeness (QED) is 0.403. The van der Waals surface area contributed by atoms with Crippen molar-refractivity contribution in [1.29, 1.82) is 0 Å². The van der Waals surface area contributed by atoms with Crippen molar-refractivity contribution in [2.45, 2.75) is 26.3 Å². The topological polar surface area (TPSA) is 46.2 Å². The molecular formula is C6H11NO2. The first kappa shape index (κ1) is 8.14. The summed E-state index contributed by atoms with van der Waals surface area (Å²) in [7, 11) is 0. The molecule has 0 aromatic rings. The lowest BCUT2D eigenvalue weighted by Crippen LogP contribution is -2.41. The Labute approximate surface area is 54.4 Å². The zero-order chi connectivity index (χ0) is 7.49. The van der Waals surface area contributed by atoms with Crippen LogP contribution in [0.3, 0.4) is 0 Å². The molecule has 0 spiro atoms. The van der Waals surface area contributed by atoms with Gasteiger partial charge in [0.15, 0.2) is 0 Å². The van der Waals surface area contributed by atoms with Gasteiger partial charge in [0.05, 0.1) is 0 Å². The Morgan fingerprint density at radius 3 is 2.00 bits per heavy atom. The maximum absolute atomic E-state index is 10.3. The maximum Gasteiger partial charge on any atom is 0.284 e. The van der Waals surface area contributed by atoms with Crippen molar-refractivity contribution < 1.29 is 9.59 Å². The van der Waals surface area contributed by atoms with E-state index in [1.54, 1.807) is 0 Å². The molecule has 1 amide bonds. The molecule has 1 N–H and O–H groups in total. The standard InChI is InChI=1S/C6H11NO2/c1-6(2,3)7-5(9)4-8/h4H,1-3H3,(H,7,9). The summed E-state index contributed by atoms with van der Waals surface area (Å²) in [4.78, 5) is 20.1. The van der Waals surface area contributed by atoms with Crippen LogP contribution in [0.25, 0.3) is 0 Å². The minimum atomic E-state index is -0.567. The SMILES string of the molecule is CC(C)(C)NC(=O)C=O. The minimum Gasteiger partial charge on any atom is -0.345 e. The Morgan fingerprint density at radius 1 is 1.44 bits per heavy atom.